The van der Waals surface area contributed by atoms with Gasteiger partial charge in [-0.2, -0.15) is 0 Å². The number of nitrogens with zero attached hydrogens (tertiary/aromatic N) is 6. The van der Waals surface area contributed by atoms with Crippen LogP contribution < -0.4 is 19.6 Å². The van der Waals surface area contributed by atoms with E-state index in [4.69, 9.17) is 8.22 Å². The SMILES string of the molecule is Cc1ccccc1N1C=CN(C)C1C.[2H]C([2H])([2H])N1C=CN(c2ccccc2C)C1C.[2H]C([2H])([2H])N1c2ccccc2N(c2ccccc2C)C1C. The summed E-state index contributed by atoms with van der Waals surface area (Å²) in [7, 11) is 2.10. The Morgan fingerprint density at radius 1 is 0.457 bits per heavy atom. The second kappa shape index (κ2) is 14.1. The Balaban J connectivity index is 0.000000154. The van der Waals surface area contributed by atoms with Crippen molar-refractivity contribution in [3.8, 4) is 0 Å². The van der Waals surface area contributed by atoms with Crippen LogP contribution in [-0.4, -0.2) is 49.3 Å². The van der Waals surface area contributed by atoms with Crippen LogP contribution in [0.25, 0.3) is 0 Å². The van der Waals surface area contributed by atoms with Crippen LogP contribution in [0.15, 0.2) is 122 Å². The Bertz CT molecular complexity index is 1890. The molecule has 4 aromatic carbocycles. The van der Waals surface area contributed by atoms with Gasteiger partial charge < -0.3 is 29.4 Å². The predicted molar refractivity (Wildman–Crippen MR) is 198 cm³/mol. The summed E-state index contributed by atoms with van der Waals surface area (Å²) in [6, 6.07) is 32.2. The molecule has 0 fully saturated rings. The van der Waals surface area contributed by atoms with Crippen molar-refractivity contribution in [2.75, 3.05) is 40.6 Å². The van der Waals surface area contributed by atoms with Gasteiger partial charge in [-0.1, -0.05) is 66.7 Å². The number of rotatable bonds is 3. The molecule has 0 N–H and O–H groups in total. The molecule has 0 spiro atoms. The van der Waals surface area contributed by atoms with Gasteiger partial charge in [-0.25, -0.2) is 0 Å². The van der Waals surface area contributed by atoms with Gasteiger partial charge in [0.25, 0.3) is 0 Å². The zero-order chi connectivity index (χ0) is 38.0. The van der Waals surface area contributed by atoms with Crippen molar-refractivity contribution in [1.29, 1.82) is 0 Å². The van der Waals surface area contributed by atoms with E-state index >= 15 is 0 Å². The minimum atomic E-state index is -2.16. The van der Waals surface area contributed by atoms with Crippen LogP contribution in [-0.2, 0) is 0 Å². The van der Waals surface area contributed by atoms with E-state index in [2.05, 4.69) is 72.3 Å². The van der Waals surface area contributed by atoms with E-state index in [9.17, 15) is 0 Å². The summed E-state index contributed by atoms with van der Waals surface area (Å²) in [6.45, 7) is 7.98. The van der Waals surface area contributed by atoms with E-state index in [-0.39, 0.29) is 12.3 Å². The van der Waals surface area contributed by atoms with Crippen molar-refractivity contribution >= 4 is 28.4 Å². The second-order valence-corrected chi connectivity index (χ2v) is 12.0. The maximum atomic E-state index is 7.83. The number of hydrogen-bond acceptors (Lipinski definition) is 6. The molecule has 3 unspecified atom stereocenters. The first-order valence-corrected chi connectivity index (χ1v) is 15.8. The largest absolute Gasteiger partial charge is 0.359 e. The molecule has 240 valence electrons. The molecule has 0 bridgehead atoms. The summed E-state index contributed by atoms with van der Waals surface area (Å²) < 4.78 is 45.8. The first-order valence-electron chi connectivity index (χ1n) is 18.8. The lowest BCUT2D eigenvalue weighted by molar-refractivity contribution is 0.383. The molecule has 4 aromatic rings. The molecule has 3 aliphatic heterocycles. The van der Waals surface area contributed by atoms with Crippen LogP contribution in [0.1, 0.15) is 45.7 Å². The van der Waals surface area contributed by atoms with Gasteiger partial charge in [0, 0.05) is 71.1 Å². The Morgan fingerprint density at radius 3 is 1.30 bits per heavy atom. The Morgan fingerprint density at radius 2 is 0.870 bits per heavy atom. The minimum absolute atomic E-state index is 0.191. The van der Waals surface area contributed by atoms with Crippen molar-refractivity contribution in [3.05, 3.63) is 139 Å². The van der Waals surface area contributed by atoms with Gasteiger partial charge in [0.2, 0.25) is 0 Å². The van der Waals surface area contributed by atoms with Gasteiger partial charge in [-0.15, -0.1) is 0 Å². The maximum absolute atomic E-state index is 7.83. The lowest BCUT2D eigenvalue weighted by Gasteiger charge is -2.28. The minimum Gasteiger partial charge on any atom is -0.359 e. The number of benzene rings is 4. The van der Waals surface area contributed by atoms with Crippen LogP contribution in [0.5, 0.6) is 0 Å². The number of para-hydroxylation sites is 5. The molecule has 3 aliphatic rings. The topological polar surface area (TPSA) is 19.4 Å². The average Bonchev–Trinajstić information content (AvgIpc) is 3.74. The molecule has 0 aliphatic carbocycles. The highest BCUT2D eigenvalue weighted by atomic mass is 15.4. The van der Waals surface area contributed by atoms with Crippen molar-refractivity contribution in [3.63, 3.8) is 0 Å². The standard InChI is InChI=1S/C16H18N2.2C12H16N2/c1-12-8-4-5-9-14(12)18-13(2)17(3)15-10-6-7-11-16(15)18;2*1-10-6-4-5-7-12(10)14-9-8-13(3)11(14)2/h4-11,13H,1-3H3;2*4-9,11H,1-3H3/i2*3D3;. The van der Waals surface area contributed by atoms with Crippen LogP contribution in [0.4, 0.5) is 28.4 Å². The number of anilines is 5. The number of hydrogen-bond donors (Lipinski definition) is 0. The highest BCUT2D eigenvalue weighted by Gasteiger charge is 2.31. The molecule has 0 saturated carbocycles. The summed E-state index contributed by atoms with van der Waals surface area (Å²) in [5.74, 6) is 0. The van der Waals surface area contributed by atoms with Crippen LogP contribution in [0.2, 0.25) is 0 Å². The molecule has 6 heteroatoms. The second-order valence-electron chi connectivity index (χ2n) is 12.0. The zero-order valence-corrected chi connectivity index (χ0v) is 28.0. The van der Waals surface area contributed by atoms with Gasteiger partial charge in [0.1, 0.15) is 18.5 Å². The van der Waals surface area contributed by atoms with Gasteiger partial charge in [0.15, 0.2) is 0 Å². The zero-order valence-electron chi connectivity index (χ0n) is 34.0. The van der Waals surface area contributed by atoms with Crippen molar-refractivity contribution < 1.29 is 8.22 Å². The van der Waals surface area contributed by atoms with Gasteiger partial charge in [0.05, 0.1) is 11.4 Å². The van der Waals surface area contributed by atoms with E-state index in [0.29, 0.717) is 6.17 Å². The monoisotopic (exact) mass is 620 g/mol. The van der Waals surface area contributed by atoms with Gasteiger partial charge in [-0.3, -0.25) is 0 Å². The fraction of sp³-hybridized carbons (Fsp3) is 0.300. The van der Waals surface area contributed by atoms with E-state index in [1.54, 1.807) is 6.20 Å². The third kappa shape index (κ3) is 6.57. The quantitative estimate of drug-likeness (QED) is 0.226. The highest BCUT2D eigenvalue weighted by molar-refractivity contribution is 5.84. The van der Waals surface area contributed by atoms with Crippen LogP contribution in [0.3, 0.4) is 0 Å². The summed E-state index contributed by atoms with van der Waals surface area (Å²) in [5, 5.41) is 0. The van der Waals surface area contributed by atoms with E-state index in [1.807, 2.05) is 112 Å². The van der Waals surface area contributed by atoms with E-state index in [1.165, 1.54) is 21.1 Å². The Kier molecular flexibility index (Phi) is 7.76. The van der Waals surface area contributed by atoms with Crippen molar-refractivity contribution in [2.24, 2.45) is 0 Å². The summed E-state index contributed by atoms with van der Waals surface area (Å²) in [6.07, 6.45) is 7.66. The molecule has 0 saturated heterocycles. The maximum Gasteiger partial charge on any atom is 0.103 e. The molecular formula is C40H50N6. The number of fused-ring (bicyclic) bond motifs is 1. The third-order valence-electron chi connectivity index (χ3n) is 8.96. The molecule has 6 nitrogen and oxygen atoms in total. The first-order chi connectivity index (χ1) is 24.5. The third-order valence-corrected chi connectivity index (χ3v) is 8.96. The van der Waals surface area contributed by atoms with Crippen molar-refractivity contribution in [2.45, 2.75) is 60.0 Å². The molecule has 3 heterocycles. The predicted octanol–water partition coefficient (Wildman–Crippen LogP) is 9.06. The molecular weight excluding hydrogens is 564 g/mol. The van der Waals surface area contributed by atoms with Gasteiger partial charge in [-0.05, 0) is 88.6 Å². The van der Waals surface area contributed by atoms with E-state index < -0.39 is 14.0 Å². The fourth-order valence-corrected chi connectivity index (χ4v) is 5.97. The van der Waals surface area contributed by atoms with Crippen LogP contribution in [0, 0.1) is 20.8 Å². The normalized spacial score (nSPS) is 22.1. The smallest absolute Gasteiger partial charge is 0.103 e. The highest BCUT2D eigenvalue weighted by Crippen LogP contribution is 2.43. The van der Waals surface area contributed by atoms with Crippen molar-refractivity contribution in [1.82, 2.24) is 9.80 Å². The summed E-state index contributed by atoms with van der Waals surface area (Å²) >= 11 is 0. The Labute approximate surface area is 285 Å². The summed E-state index contributed by atoms with van der Waals surface area (Å²) in [4.78, 5) is 11.5. The lowest BCUT2D eigenvalue weighted by atomic mass is 10.1. The Hall–Kier alpha value is -4.84. The fourth-order valence-electron chi connectivity index (χ4n) is 5.97. The van der Waals surface area contributed by atoms with Crippen LogP contribution >= 0.6 is 0 Å². The molecule has 0 radical (unpaired) electrons. The first kappa shape index (κ1) is 25.4. The number of aryl methyl sites for hydroxylation is 3. The van der Waals surface area contributed by atoms with Gasteiger partial charge >= 0.3 is 0 Å². The molecule has 46 heavy (non-hydrogen) atoms. The molecule has 0 aromatic heterocycles. The molecule has 7 rings (SSSR count). The van der Waals surface area contributed by atoms with E-state index in [0.717, 1.165) is 33.9 Å². The summed E-state index contributed by atoms with van der Waals surface area (Å²) in [5.41, 5.74) is 8.67. The molecule has 0 amide bonds. The molecule has 3 atom stereocenters. The average molecular weight is 621 g/mol. The lowest BCUT2D eigenvalue weighted by Crippen LogP contribution is -2.35.